The zero-order chi connectivity index (χ0) is 14.3. The highest BCUT2D eigenvalue weighted by atomic mass is 32.1. The predicted octanol–water partition coefficient (Wildman–Crippen LogP) is 2.87. The number of rotatable bonds is 5. The maximum atomic E-state index is 11.8. The number of thiocarbonyl (C=S) groups is 1. The lowest BCUT2D eigenvalue weighted by Gasteiger charge is -2.14. The molecule has 0 aliphatic carbocycles. The van der Waals surface area contributed by atoms with E-state index in [-0.39, 0.29) is 5.97 Å². The van der Waals surface area contributed by atoms with Crippen molar-refractivity contribution in [2.24, 2.45) is 0 Å². The fourth-order valence-electron chi connectivity index (χ4n) is 1.61. The number of benzene rings is 1. The van der Waals surface area contributed by atoms with Crippen LogP contribution in [-0.4, -0.2) is 24.2 Å². The van der Waals surface area contributed by atoms with Gasteiger partial charge in [0.15, 0.2) is 5.11 Å². The summed E-state index contributed by atoms with van der Waals surface area (Å²) in [5.41, 5.74) is 2.21. The van der Waals surface area contributed by atoms with Gasteiger partial charge in [0.1, 0.15) is 0 Å². The van der Waals surface area contributed by atoms with E-state index in [9.17, 15) is 4.79 Å². The molecule has 0 fully saturated rings. The standard InChI is InChI=1S/C14H20N2O2S/c1-4-9-15-14(19)16-12-8-6-7-11(10(12)3)13(17)18-5-2/h6-8H,4-5,9H2,1-3H3,(H2,15,16,19). The Morgan fingerprint density at radius 3 is 2.74 bits per heavy atom. The highest BCUT2D eigenvalue weighted by Crippen LogP contribution is 2.19. The van der Waals surface area contributed by atoms with E-state index in [1.54, 1.807) is 13.0 Å². The van der Waals surface area contributed by atoms with Crippen LogP contribution < -0.4 is 10.6 Å². The Hall–Kier alpha value is -1.62. The number of carbonyl (C=O) groups excluding carboxylic acids is 1. The van der Waals surface area contributed by atoms with E-state index in [0.717, 1.165) is 24.2 Å². The van der Waals surface area contributed by atoms with Crippen LogP contribution in [0.25, 0.3) is 0 Å². The van der Waals surface area contributed by atoms with Crippen LogP contribution in [0.15, 0.2) is 18.2 Å². The first-order valence-electron chi connectivity index (χ1n) is 6.41. The molecule has 0 bridgehead atoms. The van der Waals surface area contributed by atoms with Crippen LogP contribution in [0, 0.1) is 6.92 Å². The van der Waals surface area contributed by atoms with E-state index in [4.69, 9.17) is 17.0 Å². The van der Waals surface area contributed by atoms with Crippen LogP contribution in [0.2, 0.25) is 0 Å². The van der Waals surface area contributed by atoms with E-state index < -0.39 is 0 Å². The van der Waals surface area contributed by atoms with Gasteiger partial charge in [-0.1, -0.05) is 13.0 Å². The van der Waals surface area contributed by atoms with Crippen molar-refractivity contribution in [2.45, 2.75) is 27.2 Å². The smallest absolute Gasteiger partial charge is 0.338 e. The summed E-state index contributed by atoms with van der Waals surface area (Å²) in [5, 5.41) is 6.74. The maximum absolute atomic E-state index is 11.8. The van der Waals surface area contributed by atoms with Gasteiger partial charge in [-0.15, -0.1) is 0 Å². The quantitative estimate of drug-likeness (QED) is 0.641. The fourth-order valence-corrected chi connectivity index (χ4v) is 1.82. The van der Waals surface area contributed by atoms with Gasteiger partial charge in [0.05, 0.1) is 12.2 Å². The van der Waals surface area contributed by atoms with Gasteiger partial charge in [-0.05, 0) is 50.2 Å². The van der Waals surface area contributed by atoms with E-state index in [1.807, 2.05) is 19.1 Å². The van der Waals surface area contributed by atoms with Gasteiger partial charge in [0.2, 0.25) is 0 Å². The molecule has 19 heavy (non-hydrogen) atoms. The summed E-state index contributed by atoms with van der Waals surface area (Å²) < 4.78 is 5.02. The molecule has 0 aliphatic heterocycles. The minimum absolute atomic E-state index is 0.309. The minimum atomic E-state index is -0.309. The molecular formula is C14H20N2O2S. The molecule has 0 atom stereocenters. The number of hydrogen-bond acceptors (Lipinski definition) is 3. The Balaban J connectivity index is 2.82. The summed E-state index contributed by atoms with van der Waals surface area (Å²) in [6.07, 6.45) is 1.00. The van der Waals surface area contributed by atoms with Gasteiger partial charge < -0.3 is 15.4 Å². The van der Waals surface area contributed by atoms with Crippen LogP contribution in [0.4, 0.5) is 5.69 Å². The molecule has 5 heteroatoms. The first-order chi connectivity index (χ1) is 9.10. The summed E-state index contributed by atoms with van der Waals surface area (Å²) in [4.78, 5) is 11.8. The molecule has 0 saturated carbocycles. The second-order valence-corrected chi connectivity index (χ2v) is 4.49. The number of hydrogen-bond donors (Lipinski definition) is 2. The number of anilines is 1. The Morgan fingerprint density at radius 1 is 1.37 bits per heavy atom. The third-order valence-electron chi connectivity index (χ3n) is 2.61. The van der Waals surface area contributed by atoms with Crippen molar-refractivity contribution in [2.75, 3.05) is 18.5 Å². The minimum Gasteiger partial charge on any atom is -0.462 e. The zero-order valence-corrected chi connectivity index (χ0v) is 12.4. The van der Waals surface area contributed by atoms with Gasteiger partial charge in [0.25, 0.3) is 0 Å². The molecule has 104 valence electrons. The first kappa shape index (κ1) is 15.4. The molecule has 0 radical (unpaired) electrons. The third kappa shape index (κ3) is 4.52. The number of nitrogens with one attached hydrogen (secondary N) is 2. The van der Waals surface area contributed by atoms with Crippen molar-refractivity contribution in [1.82, 2.24) is 5.32 Å². The molecule has 0 aromatic heterocycles. The zero-order valence-electron chi connectivity index (χ0n) is 11.6. The molecule has 1 aromatic carbocycles. The monoisotopic (exact) mass is 280 g/mol. The Labute approximate surface area is 119 Å². The maximum Gasteiger partial charge on any atom is 0.338 e. The number of esters is 1. The van der Waals surface area contributed by atoms with E-state index >= 15 is 0 Å². The lowest BCUT2D eigenvalue weighted by atomic mass is 10.1. The SMILES string of the molecule is CCCNC(=S)Nc1cccc(C(=O)OCC)c1C. The second-order valence-electron chi connectivity index (χ2n) is 4.08. The number of ether oxygens (including phenoxy) is 1. The normalized spacial score (nSPS) is 9.84. The highest BCUT2D eigenvalue weighted by molar-refractivity contribution is 7.80. The van der Waals surface area contributed by atoms with Crippen molar-refractivity contribution in [3.63, 3.8) is 0 Å². The van der Waals surface area contributed by atoms with Gasteiger partial charge in [-0.3, -0.25) is 0 Å². The van der Waals surface area contributed by atoms with Crippen LogP contribution in [0.1, 0.15) is 36.2 Å². The first-order valence-corrected chi connectivity index (χ1v) is 6.82. The largest absolute Gasteiger partial charge is 0.462 e. The van der Waals surface area contributed by atoms with Gasteiger partial charge in [0, 0.05) is 12.2 Å². The topological polar surface area (TPSA) is 50.4 Å². The predicted molar refractivity (Wildman–Crippen MR) is 81.6 cm³/mol. The van der Waals surface area contributed by atoms with Gasteiger partial charge >= 0.3 is 5.97 Å². The molecule has 1 aromatic rings. The summed E-state index contributed by atoms with van der Waals surface area (Å²) in [7, 11) is 0. The van der Waals surface area contributed by atoms with Crippen molar-refractivity contribution < 1.29 is 9.53 Å². The van der Waals surface area contributed by atoms with Crippen molar-refractivity contribution >= 4 is 29.0 Å². The molecule has 0 heterocycles. The average molecular weight is 280 g/mol. The molecule has 0 amide bonds. The Kier molecular flexibility index (Phi) is 6.29. The fraction of sp³-hybridized carbons (Fsp3) is 0.429. The summed E-state index contributed by atoms with van der Waals surface area (Å²) in [5.74, 6) is -0.309. The van der Waals surface area contributed by atoms with Crippen LogP contribution in [-0.2, 0) is 4.74 Å². The molecule has 0 spiro atoms. The van der Waals surface area contributed by atoms with E-state index in [2.05, 4.69) is 17.6 Å². The Bertz CT molecular complexity index is 461. The van der Waals surface area contributed by atoms with Gasteiger partial charge in [-0.2, -0.15) is 0 Å². The van der Waals surface area contributed by atoms with Crippen molar-refractivity contribution in [3.05, 3.63) is 29.3 Å². The van der Waals surface area contributed by atoms with E-state index in [1.165, 1.54) is 0 Å². The molecular weight excluding hydrogens is 260 g/mol. The van der Waals surface area contributed by atoms with Crippen molar-refractivity contribution in [3.8, 4) is 0 Å². The third-order valence-corrected chi connectivity index (χ3v) is 2.86. The molecule has 0 saturated heterocycles. The summed E-state index contributed by atoms with van der Waals surface area (Å²) in [6, 6.07) is 5.45. The lowest BCUT2D eigenvalue weighted by molar-refractivity contribution is 0.0525. The van der Waals surface area contributed by atoms with Crippen LogP contribution >= 0.6 is 12.2 Å². The van der Waals surface area contributed by atoms with E-state index in [0.29, 0.717) is 17.3 Å². The Morgan fingerprint density at radius 2 is 2.11 bits per heavy atom. The molecule has 4 nitrogen and oxygen atoms in total. The van der Waals surface area contributed by atoms with Crippen LogP contribution in [0.5, 0.6) is 0 Å². The summed E-state index contributed by atoms with van der Waals surface area (Å²) >= 11 is 5.18. The highest BCUT2D eigenvalue weighted by Gasteiger charge is 2.12. The summed E-state index contributed by atoms with van der Waals surface area (Å²) in [6.45, 7) is 6.92. The van der Waals surface area contributed by atoms with Gasteiger partial charge in [-0.25, -0.2) is 4.79 Å². The lowest BCUT2D eigenvalue weighted by Crippen LogP contribution is -2.29. The molecule has 2 N–H and O–H groups in total. The van der Waals surface area contributed by atoms with Crippen LogP contribution in [0.3, 0.4) is 0 Å². The number of carbonyl (C=O) groups is 1. The molecule has 1 rings (SSSR count). The van der Waals surface area contributed by atoms with Crippen molar-refractivity contribution in [1.29, 1.82) is 0 Å². The molecule has 0 aliphatic rings. The molecule has 0 unspecified atom stereocenters. The second kappa shape index (κ2) is 7.74. The average Bonchev–Trinajstić information content (AvgIpc) is 2.39.